The molecule has 2 aromatic rings. The number of nitrogens with two attached hydrogens (primary N) is 1. The molecule has 0 saturated heterocycles. The van der Waals surface area contributed by atoms with Gasteiger partial charge < -0.3 is 5.73 Å². The summed E-state index contributed by atoms with van der Waals surface area (Å²) >= 11 is 3.86. The van der Waals surface area contributed by atoms with Crippen molar-refractivity contribution in [3.05, 3.63) is 53.6 Å². The van der Waals surface area contributed by atoms with Crippen LogP contribution in [0.25, 0.3) is 0 Å². The van der Waals surface area contributed by atoms with Gasteiger partial charge in [0.1, 0.15) is 0 Å². The first kappa shape index (κ1) is 12.9. The summed E-state index contributed by atoms with van der Waals surface area (Å²) in [4.78, 5) is 2.67. The standard InChI is InChI=1S/C16H17NS2/c1-11-5-4-8-15(16(11)17)19-10-12-9-18-14-7-3-2-6-13(12)14/h2-8,12H,9-10,17H2,1H3. The molecule has 0 bridgehead atoms. The summed E-state index contributed by atoms with van der Waals surface area (Å²) in [5.41, 5.74) is 9.75. The molecule has 1 atom stereocenters. The summed E-state index contributed by atoms with van der Waals surface area (Å²) in [6.45, 7) is 2.07. The summed E-state index contributed by atoms with van der Waals surface area (Å²) in [6, 6.07) is 15.0. The van der Waals surface area contributed by atoms with E-state index < -0.39 is 0 Å². The number of aryl methyl sites for hydroxylation is 1. The second-order valence-electron chi connectivity index (χ2n) is 4.84. The number of hydrogen-bond donors (Lipinski definition) is 1. The van der Waals surface area contributed by atoms with Gasteiger partial charge in [-0.05, 0) is 30.2 Å². The van der Waals surface area contributed by atoms with E-state index in [2.05, 4.69) is 49.4 Å². The number of benzene rings is 2. The first-order valence-electron chi connectivity index (χ1n) is 6.45. The van der Waals surface area contributed by atoms with Gasteiger partial charge in [-0.1, -0.05) is 30.3 Å². The molecule has 3 rings (SSSR count). The highest BCUT2D eigenvalue weighted by atomic mass is 32.2. The van der Waals surface area contributed by atoms with E-state index in [0.29, 0.717) is 5.92 Å². The maximum absolute atomic E-state index is 6.14. The normalized spacial score (nSPS) is 17.4. The van der Waals surface area contributed by atoms with E-state index in [9.17, 15) is 0 Å². The first-order valence-corrected chi connectivity index (χ1v) is 8.42. The van der Waals surface area contributed by atoms with Crippen molar-refractivity contribution in [2.45, 2.75) is 22.6 Å². The van der Waals surface area contributed by atoms with E-state index in [0.717, 1.165) is 11.4 Å². The number of fused-ring (bicyclic) bond motifs is 1. The Kier molecular flexibility index (Phi) is 3.76. The van der Waals surface area contributed by atoms with Crippen LogP contribution >= 0.6 is 23.5 Å². The molecule has 1 aliphatic rings. The van der Waals surface area contributed by atoms with Gasteiger partial charge in [0.2, 0.25) is 0 Å². The Labute approximate surface area is 123 Å². The highest BCUT2D eigenvalue weighted by molar-refractivity contribution is 8.00. The lowest BCUT2D eigenvalue weighted by Gasteiger charge is -2.12. The van der Waals surface area contributed by atoms with Gasteiger partial charge in [0.05, 0.1) is 0 Å². The van der Waals surface area contributed by atoms with Crippen molar-refractivity contribution in [1.82, 2.24) is 0 Å². The molecule has 0 saturated carbocycles. The van der Waals surface area contributed by atoms with Gasteiger partial charge in [0.25, 0.3) is 0 Å². The van der Waals surface area contributed by atoms with Crippen LogP contribution in [0.2, 0.25) is 0 Å². The molecule has 0 radical (unpaired) electrons. The topological polar surface area (TPSA) is 26.0 Å². The maximum Gasteiger partial charge on any atom is 0.0481 e. The Hall–Kier alpha value is -1.06. The Morgan fingerprint density at radius 2 is 2.05 bits per heavy atom. The van der Waals surface area contributed by atoms with Crippen LogP contribution in [0.15, 0.2) is 52.3 Å². The molecule has 0 amide bonds. The van der Waals surface area contributed by atoms with Crippen molar-refractivity contribution >= 4 is 29.2 Å². The molecular formula is C16H17NS2. The fraction of sp³-hybridized carbons (Fsp3) is 0.250. The monoisotopic (exact) mass is 287 g/mol. The van der Waals surface area contributed by atoms with Crippen molar-refractivity contribution < 1.29 is 0 Å². The Morgan fingerprint density at radius 3 is 2.95 bits per heavy atom. The van der Waals surface area contributed by atoms with Crippen LogP contribution in [-0.4, -0.2) is 11.5 Å². The molecule has 98 valence electrons. The Bertz CT molecular complexity index is 595. The zero-order valence-corrected chi connectivity index (χ0v) is 12.6. The van der Waals surface area contributed by atoms with Crippen LogP contribution < -0.4 is 5.73 Å². The molecule has 3 heteroatoms. The lowest BCUT2D eigenvalue weighted by atomic mass is 10.0. The van der Waals surface area contributed by atoms with Crippen molar-refractivity contribution in [3.8, 4) is 0 Å². The van der Waals surface area contributed by atoms with Crippen LogP contribution in [0.5, 0.6) is 0 Å². The summed E-state index contributed by atoms with van der Waals surface area (Å²) in [5.74, 6) is 2.95. The molecule has 1 aliphatic heterocycles. The minimum atomic E-state index is 0.645. The zero-order valence-electron chi connectivity index (χ0n) is 10.9. The number of anilines is 1. The molecular weight excluding hydrogens is 270 g/mol. The number of thioether (sulfide) groups is 2. The molecule has 0 aliphatic carbocycles. The average molecular weight is 287 g/mol. The van der Waals surface area contributed by atoms with E-state index >= 15 is 0 Å². The van der Waals surface area contributed by atoms with Crippen molar-refractivity contribution in [1.29, 1.82) is 0 Å². The quantitative estimate of drug-likeness (QED) is 0.662. The summed E-state index contributed by atoms with van der Waals surface area (Å²) in [6.07, 6.45) is 0. The van der Waals surface area contributed by atoms with Crippen molar-refractivity contribution in [3.63, 3.8) is 0 Å². The molecule has 2 N–H and O–H groups in total. The van der Waals surface area contributed by atoms with Gasteiger partial charge in [0, 0.05) is 32.9 Å². The minimum absolute atomic E-state index is 0.645. The molecule has 0 aromatic heterocycles. The number of para-hydroxylation sites is 1. The van der Waals surface area contributed by atoms with Gasteiger partial charge in [-0.2, -0.15) is 0 Å². The second-order valence-corrected chi connectivity index (χ2v) is 6.97. The first-order chi connectivity index (χ1) is 9.25. The maximum atomic E-state index is 6.14. The molecule has 1 unspecified atom stereocenters. The predicted molar refractivity (Wildman–Crippen MR) is 86.2 cm³/mol. The minimum Gasteiger partial charge on any atom is -0.398 e. The molecule has 1 nitrogen and oxygen atoms in total. The van der Waals surface area contributed by atoms with Gasteiger partial charge in [-0.15, -0.1) is 23.5 Å². The van der Waals surface area contributed by atoms with Gasteiger partial charge in [-0.25, -0.2) is 0 Å². The predicted octanol–water partition coefficient (Wildman–Crippen LogP) is 4.56. The molecule has 19 heavy (non-hydrogen) atoms. The van der Waals surface area contributed by atoms with Crippen molar-refractivity contribution in [2.24, 2.45) is 0 Å². The molecule has 2 aromatic carbocycles. The van der Waals surface area contributed by atoms with E-state index in [1.165, 1.54) is 26.7 Å². The van der Waals surface area contributed by atoms with E-state index in [-0.39, 0.29) is 0 Å². The molecule has 1 heterocycles. The number of rotatable bonds is 3. The van der Waals surface area contributed by atoms with E-state index in [1.807, 2.05) is 23.5 Å². The van der Waals surface area contributed by atoms with Crippen LogP contribution in [0.3, 0.4) is 0 Å². The van der Waals surface area contributed by atoms with Crippen molar-refractivity contribution in [2.75, 3.05) is 17.2 Å². The zero-order chi connectivity index (χ0) is 13.2. The third-order valence-corrected chi connectivity index (χ3v) is 6.01. The summed E-state index contributed by atoms with van der Waals surface area (Å²) in [5, 5.41) is 0. The highest BCUT2D eigenvalue weighted by Gasteiger charge is 2.22. The van der Waals surface area contributed by atoms with Gasteiger partial charge in [0.15, 0.2) is 0 Å². The van der Waals surface area contributed by atoms with Crippen LogP contribution in [-0.2, 0) is 0 Å². The molecule has 0 spiro atoms. The Morgan fingerprint density at radius 1 is 1.21 bits per heavy atom. The lowest BCUT2D eigenvalue weighted by Crippen LogP contribution is -2.01. The SMILES string of the molecule is Cc1cccc(SCC2CSc3ccccc32)c1N. The molecule has 0 fully saturated rings. The third kappa shape index (κ3) is 2.63. The van der Waals surface area contributed by atoms with Gasteiger partial charge in [-0.3, -0.25) is 0 Å². The highest BCUT2D eigenvalue weighted by Crippen LogP contribution is 2.42. The fourth-order valence-electron chi connectivity index (χ4n) is 2.34. The smallest absolute Gasteiger partial charge is 0.0481 e. The van der Waals surface area contributed by atoms with Crippen LogP contribution in [0.4, 0.5) is 5.69 Å². The number of hydrogen-bond acceptors (Lipinski definition) is 3. The third-order valence-electron chi connectivity index (χ3n) is 3.52. The average Bonchev–Trinajstić information content (AvgIpc) is 2.84. The summed E-state index contributed by atoms with van der Waals surface area (Å²) < 4.78 is 0. The van der Waals surface area contributed by atoms with Gasteiger partial charge >= 0.3 is 0 Å². The fourth-order valence-corrected chi connectivity index (χ4v) is 4.91. The van der Waals surface area contributed by atoms with E-state index in [1.54, 1.807) is 0 Å². The second kappa shape index (κ2) is 5.51. The lowest BCUT2D eigenvalue weighted by molar-refractivity contribution is 0.896. The Balaban J connectivity index is 1.73. The van der Waals surface area contributed by atoms with E-state index in [4.69, 9.17) is 5.73 Å². The summed E-state index contributed by atoms with van der Waals surface area (Å²) in [7, 11) is 0. The largest absolute Gasteiger partial charge is 0.398 e. The van der Waals surface area contributed by atoms with Crippen LogP contribution in [0.1, 0.15) is 17.0 Å². The van der Waals surface area contributed by atoms with Crippen LogP contribution in [0, 0.1) is 6.92 Å². The number of nitrogen functional groups attached to an aromatic ring is 1.